The topological polar surface area (TPSA) is 35.5 Å². The fraction of sp³-hybridized carbons (Fsp3) is 0.486. The van der Waals surface area contributed by atoms with Crippen LogP contribution in [0.5, 0.6) is 0 Å². The maximum absolute atomic E-state index is 16.0. The van der Waals surface area contributed by atoms with Gasteiger partial charge in [-0.05, 0) is 48.1 Å². The fourth-order valence-electron chi connectivity index (χ4n) is 5.32. The highest BCUT2D eigenvalue weighted by Gasteiger charge is 2.24. The Hall–Kier alpha value is -3.05. The van der Waals surface area contributed by atoms with E-state index in [1.165, 1.54) is 63.5 Å². The maximum atomic E-state index is 16.0. The number of unbranched alkanes of at least 4 members (excludes halogenated alkanes) is 12. The van der Waals surface area contributed by atoms with Gasteiger partial charge in [-0.15, -0.1) is 0 Å². The Kier molecular flexibility index (Phi) is 15.3. The number of benzene rings is 3. The molecule has 0 aliphatic rings. The molecule has 0 unspecified atom stereocenters. The van der Waals surface area contributed by atoms with Crippen LogP contribution in [0.4, 0.5) is 8.78 Å². The number of aryl methyl sites for hydroxylation is 1. The van der Waals surface area contributed by atoms with Crippen molar-refractivity contribution in [1.29, 1.82) is 0 Å². The van der Waals surface area contributed by atoms with Gasteiger partial charge in [-0.3, -0.25) is 4.89 Å². The number of carbonyl (C=O) groups is 1. The van der Waals surface area contributed by atoms with E-state index in [0.29, 0.717) is 5.56 Å². The van der Waals surface area contributed by atoms with Crippen molar-refractivity contribution in [3.8, 4) is 22.3 Å². The van der Waals surface area contributed by atoms with Gasteiger partial charge >= 0.3 is 5.97 Å². The van der Waals surface area contributed by atoms with E-state index < -0.39 is 17.6 Å². The molecule has 0 aliphatic carbocycles. The van der Waals surface area contributed by atoms with Gasteiger partial charge in [0.1, 0.15) is 11.6 Å². The highest BCUT2D eigenvalue weighted by atomic mass is 19.1. The first-order valence-electron chi connectivity index (χ1n) is 16.1. The number of carbonyl (C=O) groups excluding carboxylic acids is 1. The first kappa shape index (κ1) is 33.5. The van der Waals surface area contributed by atoms with Gasteiger partial charge in [-0.25, -0.2) is 13.6 Å². The second-order valence-corrected chi connectivity index (χ2v) is 11.2. The molecule has 0 amide bonds. The van der Waals surface area contributed by atoms with Gasteiger partial charge in [-0.2, -0.15) is 4.89 Å². The number of hydrogen-bond donors (Lipinski definition) is 0. The van der Waals surface area contributed by atoms with Gasteiger partial charge < -0.3 is 0 Å². The molecule has 3 aromatic rings. The molecule has 0 atom stereocenters. The van der Waals surface area contributed by atoms with Crippen molar-refractivity contribution in [3.05, 3.63) is 83.4 Å². The van der Waals surface area contributed by atoms with Crippen LogP contribution in [0.25, 0.3) is 22.3 Å². The summed E-state index contributed by atoms with van der Waals surface area (Å²) >= 11 is 0. The largest absolute Gasteiger partial charge is 0.376 e. The summed E-state index contributed by atoms with van der Waals surface area (Å²) in [6.45, 7) is 4.59. The van der Waals surface area contributed by atoms with Gasteiger partial charge in [0.15, 0.2) is 0 Å². The Morgan fingerprint density at radius 1 is 0.667 bits per heavy atom. The lowest BCUT2D eigenvalue weighted by Gasteiger charge is -2.15. The van der Waals surface area contributed by atoms with E-state index >= 15 is 8.78 Å². The highest BCUT2D eigenvalue weighted by Crippen LogP contribution is 2.37. The van der Waals surface area contributed by atoms with Crippen LogP contribution in [-0.4, -0.2) is 12.6 Å². The molecule has 0 saturated heterocycles. The Morgan fingerprint density at radius 2 is 1.26 bits per heavy atom. The third-order valence-electron chi connectivity index (χ3n) is 7.78. The Balaban J connectivity index is 1.69. The predicted molar refractivity (Wildman–Crippen MR) is 168 cm³/mol. The first-order valence-corrected chi connectivity index (χ1v) is 16.1. The van der Waals surface area contributed by atoms with E-state index in [-0.39, 0.29) is 23.3 Å². The number of hydrogen-bond acceptors (Lipinski definition) is 3. The molecule has 0 radical (unpaired) electrons. The molecule has 5 heteroatoms. The summed E-state index contributed by atoms with van der Waals surface area (Å²) in [5, 5.41) is 0. The monoisotopic (exact) mass is 578 g/mol. The molecule has 3 aromatic carbocycles. The Labute approximate surface area is 251 Å². The lowest BCUT2D eigenvalue weighted by Crippen LogP contribution is -2.10. The van der Waals surface area contributed by atoms with Crippen LogP contribution >= 0.6 is 0 Å². The average molecular weight is 579 g/mol. The smallest absolute Gasteiger partial charge is 0.293 e. The third-order valence-corrected chi connectivity index (χ3v) is 7.78. The van der Waals surface area contributed by atoms with Crippen molar-refractivity contribution in [2.45, 2.75) is 110 Å². The molecule has 42 heavy (non-hydrogen) atoms. The van der Waals surface area contributed by atoms with Crippen LogP contribution in [0.3, 0.4) is 0 Å². The molecular weight excluding hydrogens is 530 g/mol. The van der Waals surface area contributed by atoms with Crippen molar-refractivity contribution in [1.82, 2.24) is 0 Å². The standard InChI is InChI=1S/C37H48F2O3/c1-3-5-7-9-10-11-12-13-14-16-20-29-23-24-32(34(38)28-29)35-31(30-21-17-15-18-22-30)25-26-33(36(35)39)37(40)42-41-27-19-8-6-4-2/h15,17-18,21-26,28H,3-14,16,19-20,27H2,1-2H3. The molecule has 0 spiro atoms. The summed E-state index contributed by atoms with van der Waals surface area (Å²) < 4.78 is 31.6. The minimum absolute atomic E-state index is 0.0431. The van der Waals surface area contributed by atoms with E-state index in [2.05, 4.69) is 13.8 Å². The normalized spacial score (nSPS) is 11.1. The van der Waals surface area contributed by atoms with Crippen LogP contribution in [-0.2, 0) is 16.2 Å². The molecule has 3 rings (SSSR count). The van der Waals surface area contributed by atoms with Crippen molar-refractivity contribution >= 4 is 5.97 Å². The highest BCUT2D eigenvalue weighted by molar-refractivity contribution is 5.95. The van der Waals surface area contributed by atoms with E-state index in [1.54, 1.807) is 12.1 Å². The minimum Gasteiger partial charge on any atom is -0.293 e. The maximum Gasteiger partial charge on any atom is 0.376 e. The number of rotatable bonds is 20. The van der Waals surface area contributed by atoms with Crippen LogP contribution in [0.2, 0.25) is 0 Å². The SMILES string of the molecule is CCCCCCCCCCCCc1ccc(-c2c(-c3ccccc3)ccc(C(=O)OOCCCCCC)c2F)c(F)c1. The van der Waals surface area contributed by atoms with Crippen LogP contribution in [0, 0.1) is 11.6 Å². The van der Waals surface area contributed by atoms with Gasteiger partial charge in [0.05, 0.1) is 12.2 Å². The average Bonchev–Trinajstić information content (AvgIpc) is 3.00. The lowest BCUT2D eigenvalue weighted by molar-refractivity contribution is -0.241. The fourth-order valence-corrected chi connectivity index (χ4v) is 5.32. The summed E-state index contributed by atoms with van der Waals surface area (Å²) in [5.41, 5.74) is 2.00. The van der Waals surface area contributed by atoms with Crippen LogP contribution < -0.4 is 0 Å². The second-order valence-electron chi connectivity index (χ2n) is 11.2. The van der Waals surface area contributed by atoms with Crippen molar-refractivity contribution in [2.75, 3.05) is 6.61 Å². The zero-order valence-corrected chi connectivity index (χ0v) is 25.6. The van der Waals surface area contributed by atoms with E-state index in [1.807, 2.05) is 36.4 Å². The Morgan fingerprint density at radius 3 is 1.90 bits per heavy atom. The van der Waals surface area contributed by atoms with E-state index in [4.69, 9.17) is 9.78 Å². The number of halogens is 2. The van der Waals surface area contributed by atoms with Crippen LogP contribution in [0.1, 0.15) is 120 Å². The molecule has 0 heterocycles. The van der Waals surface area contributed by atoms with Crippen molar-refractivity contribution in [3.63, 3.8) is 0 Å². The van der Waals surface area contributed by atoms with Crippen molar-refractivity contribution in [2.24, 2.45) is 0 Å². The summed E-state index contributed by atoms with van der Waals surface area (Å²) in [4.78, 5) is 22.7. The first-order chi connectivity index (χ1) is 20.6. The van der Waals surface area contributed by atoms with Gasteiger partial charge in [0.25, 0.3) is 0 Å². The second kappa shape index (κ2) is 19.2. The quantitative estimate of drug-likeness (QED) is 0.0760. The zero-order chi connectivity index (χ0) is 30.0. The summed E-state index contributed by atoms with van der Waals surface area (Å²) in [6, 6.07) is 17.3. The van der Waals surface area contributed by atoms with E-state index in [0.717, 1.165) is 56.1 Å². The zero-order valence-electron chi connectivity index (χ0n) is 25.6. The summed E-state index contributed by atoms with van der Waals surface area (Å²) in [6.07, 6.45) is 17.1. The molecular formula is C37H48F2O3. The summed E-state index contributed by atoms with van der Waals surface area (Å²) in [7, 11) is 0. The third kappa shape index (κ3) is 10.7. The van der Waals surface area contributed by atoms with Gasteiger partial charge in [-0.1, -0.05) is 139 Å². The lowest BCUT2D eigenvalue weighted by atomic mass is 9.91. The van der Waals surface area contributed by atoms with E-state index in [9.17, 15) is 4.79 Å². The molecule has 0 aliphatic heterocycles. The molecule has 0 bridgehead atoms. The predicted octanol–water partition coefficient (Wildman–Crippen LogP) is 11.4. The minimum atomic E-state index is -0.929. The molecule has 0 N–H and O–H groups in total. The molecule has 0 fully saturated rings. The van der Waals surface area contributed by atoms with Crippen LogP contribution in [0.15, 0.2) is 60.7 Å². The van der Waals surface area contributed by atoms with Crippen molar-refractivity contribution < 1.29 is 23.4 Å². The molecule has 228 valence electrons. The Bertz CT molecular complexity index is 1210. The molecule has 0 saturated carbocycles. The molecule has 3 nitrogen and oxygen atoms in total. The van der Waals surface area contributed by atoms with Gasteiger partial charge in [0.2, 0.25) is 0 Å². The summed E-state index contributed by atoms with van der Waals surface area (Å²) in [5.74, 6) is -2.26. The molecule has 0 aromatic heterocycles. The van der Waals surface area contributed by atoms with Gasteiger partial charge in [0, 0.05) is 11.1 Å².